The van der Waals surface area contributed by atoms with Gasteiger partial charge in [0.15, 0.2) is 0 Å². The summed E-state index contributed by atoms with van der Waals surface area (Å²) < 4.78 is 0. The minimum absolute atomic E-state index is 0.690. The van der Waals surface area contributed by atoms with E-state index in [9.17, 15) is 0 Å². The second kappa shape index (κ2) is 6.15. The van der Waals surface area contributed by atoms with Crippen molar-refractivity contribution in [3.8, 4) is 0 Å². The maximum atomic E-state index is 4.93. The largest absolute Gasteiger partial charge is 0.312 e. The Bertz CT molecular complexity index is 644. The van der Waals surface area contributed by atoms with Crippen molar-refractivity contribution in [2.24, 2.45) is 5.92 Å². The van der Waals surface area contributed by atoms with Crippen LogP contribution in [0.2, 0.25) is 0 Å². The Kier molecular flexibility index (Phi) is 4.25. The van der Waals surface area contributed by atoms with Crippen LogP contribution in [0.3, 0.4) is 0 Å². The topological polar surface area (TPSA) is 24.9 Å². The molecule has 0 unspecified atom stereocenters. The van der Waals surface area contributed by atoms with Crippen molar-refractivity contribution in [3.05, 3.63) is 40.6 Å². The van der Waals surface area contributed by atoms with E-state index < -0.39 is 0 Å². The zero-order chi connectivity index (χ0) is 14.8. The molecule has 0 saturated carbocycles. The van der Waals surface area contributed by atoms with Gasteiger partial charge in [0.25, 0.3) is 0 Å². The van der Waals surface area contributed by atoms with Gasteiger partial charge in [-0.3, -0.25) is 4.98 Å². The third-order valence-electron chi connectivity index (χ3n) is 4.39. The predicted octanol–water partition coefficient (Wildman–Crippen LogP) is 4.17. The molecule has 1 N–H and O–H groups in total. The van der Waals surface area contributed by atoms with Crippen molar-refractivity contribution in [2.45, 2.75) is 53.0 Å². The summed E-state index contributed by atoms with van der Waals surface area (Å²) in [5.74, 6) is 0.690. The van der Waals surface area contributed by atoms with Gasteiger partial charge in [-0.1, -0.05) is 25.5 Å². The highest BCUT2D eigenvalue weighted by Crippen LogP contribution is 2.29. The molecular formula is C19H26N2. The van der Waals surface area contributed by atoms with Crippen molar-refractivity contribution in [2.75, 3.05) is 6.54 Å². The first-order valence-electron chi connectivity index (χ1n) is 8.27. The van der Waals surface area contributed by atoms with Gasteiger partial charge in [-0.05, 0) is 68.3 Å². The highest BCUT2D eigenvalue weighted by Gasteiger charge is 2.17. The quantitative estimate of drug-likeness (QED) is 0.910. The van der Waals surface area contributed by atoms with Crippen LogP contribution in [-0.4, -0.2) is 11.5 Å². The molecule has 1 aliphatic rings. The number of nitrogens with one attached hydrogen (secondary N) is 1. The summed E-state index contributed by atoms with van der Waals surface area (Å²) in [6.07, 6.45) is 4.95. The van der Waals surface area contributed by atoms with Gasteiger partial charge in [-0.2, -0.15) is 0 Å². The summed E-state index contributed by atoms with van der Waals surface area (Å²) in [5, 5.41) is 4.99. The number of aryl methyl sites for hydroxylation is 2. The molecule has 0 radical (unpaired) electrons. The Morgan fingerprint density at radius 2 is 2.00 bits per heavy atom. The monoisotopic (exact) mass is 282 g/mol. The Balaban J connectivity index is 2.05. The van der Waals surface area contributed by atoms with Gasteiger partial charge in [-0.15, -0.1) is 0 Å². The minimum Gasteiger partial charge on any atom is -0.312 e. The first kappa shape index (κ1) is 14.5. The lowest BCUT2D eigenvalue weighted by Gasteiger charge is -2.21. The molecule has 0 atom stereocenters. The highest BCUT2D eigenvalue weighted by molar-refractivity contribution is 5.84. The van der Waals surface area contributed by atoms with Gasteiger partial charge in [0.1, 0.15) is 0 Å². The molecule has 0 saturated heterocycles. The lowest BCUT2D eigenvalue weighted by atomic mass is 9.89. The van der Waals surface area contributed by atoms with Crippen molar-refractivity contribution in [1.29, 1.82) is 0 Å². The van der Waals surface area contributed by atoms with Crippen molar-refractivity contribution >= 4 is 10.9 Å². The summed E-state index contributed by atoms with van der Waals surface area (Å²) in [4.78, 5) is 4.93. The van der Waals surface area contributed by atoms with Gasteiger partial charge in [-0.25, -0.2) is 0 Å². The van der Waals surface area contributed by atoms with E-state index in [-0.39, 0.29) is 0 Å². The fourth-order valence-corrected chi connectivity index (χ4v) is 3.32. The summed E-state index contributed by atoms with van der Waals surface area (Å²) in [6.45, 7) is 8.74. The number of benzene rings is 1. The lowest BCUT2D eigenvalue weighted by molar-refractivity contribution is 0.549. The number of fused-ring (bicyclic) bond motifs is 2. The molecule has 0 fully saturated rings. The Hall–Kier alpha value is -1.41. The molecule has 0 amide bonds. The first-order valence-corrected chi connectivity index (χ1v) is 8.27. The molecule has 21 heavy (non-hydrogen) atoms. The van der Waals surface area contributed by atoms with Crippen LogP contribution in [0.5, 0.6) is 0 Å². The number of aromatic nitrogens is 1. The molecule has 112 valence electrons. The molecule has 2 heteroatoms. The number of hydrogen-bond acceptors (Lipinski definition) is 2. The van der Waals surface area contributed by atoms with E-state index in [1.54, 1.807) is 0 Å². The van der Waals surface area contributed by atoms with Gasteiger partial charge in [0, 0.05) is 17.6 Å². The number of rotatable bonds is 4. The summed E-state index contributed by atoms with van der Waals surface area (Å²) in [5.41, 5.74) is 6.86. The van der Waals surface area contributed by atoms with Crippen LogP contribution in [0.4, 0.5) is 0 Å². The van der Waals surface area contributed by atoms with Crippen molar-refractivity contribution in [3.63, 3.8) is 0 Å². The van der Waals surface area contributed by atoms with Gasteiger partial charge < -0.3 is 5.32 Å². The number of hydrogen-bond donors (Lipinski definition) is 1. The van der Waals surface area contributed by atoms with Crippen LogP contribution in [0.25, 0.3) is 10.9 Å². The molecule has 2 aromatic rings. The maximum absolute atomic E-state index is 4.93. The van der Waals surface area contributed by atoms with E-state index >= 15 is 0 Å². The number of pyridine rings is 1. The number of nitrogens with zero attached hydrogens (tertiary/aromatic N) is 1. The van der Waals surface area contributed by atoms with E-state index in [4.69, 9.17) is 4.98 Å². The molecule has 0 aliphatic heterocycles. The highest BCUT2D eigenvalue weighted by atomic mass is 14.9. The molecule has 2 nitrogen and oxygen atoms in total. The smallest absolute Gasteiger partial charge is 0.0708 e. The average Bonchev–Trinajstić information content (AvgIpc) is 2.46. The van der Waals surface area contributed by atoms with E-state index in [1.807, 2.05) is 0 Å². The molecule has 0 spiro atoms. The predicted molar refractivity (Wildman–Crippen MR) is 89.7 cm³/mol. The van der Waals surface area contributed by atoms with E-state index in [1.165, 1.54) is 52.5 Å². The second-order valence-corrected chi connectivity index (χ2v) is 6.77. The third-order valence-corrected chi connectivity index (χ3v) is 4.39. The third kappa shape index (κ3) is 3.11. The standard InChI is InChI=1S/C19H26N2/c1-13(2)11-20-12-17-15-6-4-5-7-18(15)21-19-9-8-14(3)10-16(17)19/h8-10,13,20H,4-7,11-12H2,1-3H3. The molecule has 1 aromatic carbocycles. The van der Waals surface area contributed by atoms with Crippen LogP contribution in [0.15, 0.2) is 18.2 Å². The Labute approximate surface area is 128 Å². The van der Waals surface area contributed by atoms with Crippen molar-refractivity contribution in [1.82, 2.24) is 10.3 Å². The SMILES string of the molecule is Cc1ccc2nc3c(c(CNCC(C)C)c2c1)CCCC3. The van der Waals surface area contributed by atoms with Crippen LogP contribution < -0.4 is 5.32 Å². The summed E-state index contributed by atoms with van der Waals surface area (Å²) in [7, 11) is 0. The molecule has 1 aliphatic carbocycles. The Morgan fingerprint density at radius 1 is 1.19 bits per heavy atom. The first-order chi connectivity index (χ1) is 10.1. The molecule has 3 rings (SSSR count). The maximum Gasteiger partial charge on any atom is 0.0708 e. The zero-order valence-electron chi connectivity index (χ0n) is 13.5. The van der Waals surface area contributed by atoms with E-state index in [0.29, 0.717) is 5.92 Å². The van der Waals surface area contributed by atoms with Gasteiger partial charge in [0.2, 0.25) is 0 Å². The molecular weight excluding hydrogens is 256 g/mol. The van der Waals surface area contributed by atoms with Crippen molar-refractivity contribution < 1.29 is 0 Å². The fourth-order valence-electron chi connectivity index (χ4n) is 3.32. The molecule has 0 bridgehead atoms. The summed E-state index contributed by atoms with van der Waals surface area (Å²) >= 11 is 0. The average molecular weight is 282 g/mol. The van der Waals surface area contributed by atoms with E-state index in [0.717, 1.165) is 19.5 Å². The van der Waals surface area contributed by atoms with Crippen LogP contribution in [0.1, 0.15) is 49.1 Å². The van der Waals surface area contributed by atoms with Crippen LogP contribution >= 0.6 is 0 Å². The van der Waals surface area contributed by atoms with Gasteiger partial charge >= 0.3 is 0 Å². The fraction of sp³-hybridized carbons (Fsp3) is 0.526. The second-order valence-electron chi connectivity index (χ2n) is 6.77. The molecule has 1 heterocycles. The normalized spacial score (nSPS) is 14.7. The van der Waals surface area contributed by atoms with Crippen LogP contribution in [-0.2, 0) is 19.4 Å². The van der Waals surface area contributed by atoms with Crippen LogP contribution in [0, 0.1) is 12.8 Å². The lowest BCUT2D eigenvalue weighted by Crippen LogP contribution is -2.21. The summed E-state index contributed by atoms with van der Waals surface area (Å²) in [6, 6.07) is 6.67. The molecule has 1 aromatic heterocycles. The van der Waals surface area contributed by atoms with Gasteiger partial charge in [0.05, 0.1) is 5.52 Å². The van der Waals surface area contributed by atoms with E-state index in [2.05, 4.69) is 44.3 Å². The minimum atomic E-state index is 0.690. The zero-order valence-corrected chi connectivity index (χ0v) is 13.5. The Morgan fingerprint density at radius 3 is 2.81 bits per heavy atom.